The standard InChI is InChI=1S/C19H31N3O2/c1-15-13-22(14-17-7-5-4-6-8-17)12-10-18(15)20-19(24)21(3)11-9-16(2)23/h4-8,15-16,18,23H,9-14H2,1-3H3,(H,20,24). The van der Waals surface area contributed by atoms with Crippen LogP contribution in [0.5, 0.6) is 0 Å². The molecule has 2 amide bonds. The van der Waals surface area contributed by atoms with E-state index in [1.807, 2.05) is 6.07 Å². The van der Waals surface area contributed by atoms with Gasteiger partial charge in [-0.15, -0.1) is 0 Å². The number of urea groups is 1. The van der Waals surface area contributed by atoms with Crippen LogP contribution in [0.3, 0.4) is 0 Å². The summed E-state index contributed by atoms with van der Waals surface area (Å²) < 4.78 is 0. The van der Waals surface area contributed by atoms with Crippen LogP contribution in [0, 0.1) is 5.92 Å². The minimum Gasteiger partial charge on any atom is -0.393 e. The number of benzene rings is 1. The zero-order valence-electron chi connectivity index (χ0n) is 15.1. The van der Waals surface area contributed by atoms with Gasteiger partial charge in [-0.25, -0.2) is 4.79 Å². The fourth-order valence-corrected chi connectivity index (χ4v) is 3.18. The van der Waals surface area contributed by atoms with Crippen LogP contribution in [0.4, 0.5) is 4.79 Å². The van der Waals surface area contributed by atoms with Crippen LogP contribution in [0.15, 0.2) is 30.3 Å². The molecule has 0 radical (unpaired) electrons. The van der Waals surface area contributed by atoms with Crippen LogP contribution < -0.4 is 5.32 Å². The molecule has 1 aliphatic rings. The SMILES string of the molecule is CC(O)CCN(C)C(=O)NC1CCN(Cc2ccccc2)CC1C. The Morgan fingerprint density at radius 3 is 2.75 bits per heavy atom. The lowest BCUT2D eigenvalue weighted by atomic mass is 9.93. The molecule has 1 fully saturated rings. The average Bonchev–Trinajstić information content (AvgIpc) is 2.56. The molecule has 0 aliphatic carbocycles. The summed E-state index contributed by atoms with van der Waals surface area (Å²) in [6, 6.07) is 10.7. The molecule has 0 saturated carbocycles. The van der Waals surface area contributed by atoms with E-state index in [-0.39, 0.29) is 18.2 Å². The first-order valence-corrected chi connectivity index (χ1v) is 8.91. The summed E-state index contributed by atoms with van der Waals surface area (Å²) in [5.41, 5.74) is 1.34. The van der Waals surface area contributed by atoms with Crippen molar-refractivity contribution < 1.29 is 9.90 Å². The van der Waals surface area contributed by atoms with E-state index in [0.29, 0.717) is 18.9 Å². The molecule has 1 aliphatic heterocycles. The highest BCUT2D eigenvalue weighted by molar-refractivity contribution is 5.74. The molecule has 24 heavy (non-hydrogen) atoms. The van der Waals surface area contributed by atoms with Gasteiger partial charge in [0.25, 0.3) is 0 Å². The zero-order chi connectivity index (χ0) is 17.5. The Morgan fingerprint density at radius 1 is 1.42 bits per heavy atom. The maximum absolute atomic E-state index is 12.3. The van der Waals surface area contributed by atoms with Crippen LogP contribution in [0.25, 0.3) is 0 Å². The van der Waals surface area contributed by atoms with E-state index in [1.54, 1.807) is 18.9 Å². The van der Waals surface area contributed by atoms with Crippen LogP contribution >= 0.6 is 0 Å². The molecule has 1 saturated heterocycles. The summed E-state index contributed by atoms with van der Waals surface area (Å²) in [4.78, 5) is 16.4. The lowest BCUT2D eigenvalue weighted by Gasteiger charge is -2.38. The Kier molecular flexibility index (Phi) is 7.06. The number of hydrogen-bond donors (Lipinski definition) is 2. The van der Waals surface area contributed by atoms with Gasteiger partial charge in [0.2, 0.25) is 0 Å². The summed E-state index contributed by atoms with van der Waals surface area (Å²) in [6.45, 7) is 7.50. The number of carbonyl (C=O) groups excluding carboxylic acids is 1. The molecule has 1 heterocycles. The lowest BCUT2D eigenvalue weighted by Crippen LogP contribution is -2.52. The van der Waals surface area contributed by atoms with E-state index in [9.17, 15) is 9.90 Å². The second-order valence-electron chi connectivity index (χ2n) is 7.10. The number of carbonyl (C=O) groups is 1. The normalized spacial score (nSPS) is 22.8. The number of rotatable bonds is 6. The molecule has 5 heteroatoms. The van der Waals surface area contributed by atoms with Gasteiger partial charge in [0.15, 0.2) is 0 Å². The minimum absolute atomic E-state index is 0.0380. The molecule has 2 N–H and O–H groups in total. The number of piperidine rings is 1. The van der Waals surface area contributed by atoms with Gasteiger partial charge < -0.3 is 15.3 Å². The number of aliphatic hydroxyl groups is 1. The quantitative estimate of drug-likeness (QED) is 0.840. The Hall–Kier alpha value is -1.59. The van der Waals surface area contributed by atoms with E-state index in [1.165, 1.54) is 5.56 Å². The van der Waals surface area contributed by atoms with Crippen LogP contribution in [0.2, 0.25) is 0 Å². The first-order chi connectivity index (χ1) is 11.5. The smallest absolute Gasteiger partial charge is 0.317 e. The molecule has 0 spiro atoms. The van der Waals surface area contributed by atoms with Crippen molar-refractivity contribution in [2.75, 3.05) is 26.7 Å². The van der Waals surface area contributed by atoms with Gasteiger partial charge in [0.1, 0.15) is 0 Å². The van der Waals surface area contributed by atoms with Gasteiger partial charge in [-0.2, -0.15) is 0 Å². The second kappa shape index (κ2) is 9.04. The molecule has 2 rings (SSSR count). The van der Waals surface area contributed by atoms with E-state index in [2.05, 4.69) is 41.4 Å². The van der Waals surface area contributed by atoms with Gasteiger partial charge in [0.05, 0.1) is 6.10 Å². The van der Waals surface area contributed by atoms with Crippen LogP contribution in [-0.4, -0.2) is 59.8 Å². The van der Waals surface area contributed by atoms with E-state index < -0.39 is 0 Å². The zero-order valence-corrected chi connectivity index (χ0v) is 15.1. The van der Waals surface area contributed by atoms with Gasteiger partial charge in [0, 0.05) is 39.3 Å². The Bertz CT molecular complexity index is 507. The molecule has 3 atom stereocenters. The molecule has 5 nitrogen and oxygen atoms in total. The summed E-state index contributed by atoms with van der Waals surface area (Å²) >= 11 is 0. The summed E-state index contributed by atoms with van der Waals surface area (Å²) in [5, 5.41) is 12.5. The monoisotopic (exact) mass is 333 g/mol. The van der Waals surface area contributed by atoms with Crippen molar-refractivity contribution in [3.63, 3.8) is 0 Å². The summed E-state index contributed by atoms with van der Waals surface area (Å²) in [7, 11) is 1.78. The first kappa shape index (κ1) is 18.7. The molecule has 134 valence electrons. The van der Waals surface area contributed by atoms with Crippen molar-refractivity contribution >= 4 is 6.03 Å². The van der Waals surface area contributed by atoms with Crippen molar-refractivity contribution in [1.29, 1.82) is 0 Å². The predicted molar refractivity (Wildman–Crippen MR) is 96.7 cm³/mol. The van der Waals surface area contributed by atoms with E-state index in [0.717, 1.165) is 26.1 Å². The average molecular weight is 333 g/mol. The van der Waals surface area contributed by atoms with Crippen molar-refractivity contribution in [2.24, 2.45) is 5.92 Å². The third-order valence-corrected chi connectivity index (χ3v) is 4.78. The number of aliphatic hydroxyl groups excluding tert-OH is 1. The Labute approximate surface area is 145 Å². The van der Waals surface area contributed by atoms with Gasteiger partial charge in [-0.05, 0) is 31.2 Å². The number of nitrogens with one attached hydrogen (secondary N) is 1. The van der Waals surface area contributed by atoms with Gasteiger partial charge in [-0.1, -0.05) is 37.3 Å². The third kappa shape index (κ3) is 5.80. The summed E-state index contributed by atoms with van der Waals surface area (Å²) in [6.07, 6.45) is 1.21. The first-order valence-electron chi connectivity index (χ1n) is 8.91. The molecular formula is C19H31N3O2. The number of nitrogens with zero attached hydrogens (tertiary/aromatic N) is 2. The van der Waals surface area contributed by atoms with Gasteiger partial charge >= 0.3 is 6.03 Å². The molecule has 0 bridgehead atoms. The molecule has 0 aromatic heterocycles. The van der Waals surface area contributed by atoms with Crippen molar-refractivity contribution in [3.8, 4) is 0 Å². The molecule has 1 aromatic rings. The van der Waals surface area contributed by atoms with E-state index >= 15 is 0 Å². The molecular weight excluding hydrogens is 302 g/mol. The van der Waals surface area contributed by atoms with Crippen molar-refractivity contribution in [1.82, 2.24) is 15.1 Å². The topological polar surface area (TPSA) is 55.8 Å². The van der Waals surface area contributed by atoms with Crippen LogP contribution in [-0.2, 0) is 6.54 Å². The molecule has 1 aromatic carbocycles. The van der Waals surface area contributed by atoms with Crippen molar-refractivity contribution in [2.45, 2.75) is 45.4 Å². The fourth-order valence-electron chi connectivity index (χ4n) is 3.18. The predicted octanol–water partition coefficient (Wildman–Crippen LogP) is 2.31. The van der Waals surface area contributed by atoms with Crippen molar-refractivity contribution in [3.05, 3.63) is 35.9 Å². The van der Waals surface area contributed by atoms with Crippen LogP contribution in [0.1, 0.15) is 32.3 Å². The highest BCUT2D eigenvalue weighted by Gasteiger charge is 2.28. The fraction of sp³-hybridized carbons (Fsp3) is 0.632. The number of hydrogen-bond acceptors (Lipinski definition) is 3. The Balaban J connectivity index is 1.77. The largest absolute Gasteiger partial charge is 0.393 e. The number of likely N-dealkylation sites (tertiary alicyclic amines) is 1. The maximum Gasteiger partial charge on any atom is 0.317 e. The maximum atomic E-state index is 12.3. The third-order valence-electron chi connectivity index (χ3n) is 4.78. The second-order valence-corrected chi connectivity index (χ2v) is 7.10. The highest BCUT2D eigenvalue weighted by atomic mass is 16.3. The van der Waals surface area contributed by atoms with E-state index in [4.69, 9.17) is 0 Å². The lowest BCUT2D eigenvalue weighted by molar-refractivity contribution is 0.132. The molecule has 3 unspecified atom stereocenters. The summed E-state index contributed by atoms with van der Waals surface area (Å²) in [5.74, 6) is 0.427. The van der Waals surface area contributed by atoms with Gasteiger partial charge in [-0.3, -0.25) is 4.90 Å². The minimum atomic E-state index is -0.375. The Morgan fingerprint density at radius 2 is 2.12 bits per heavy atom. The number of amides is 2. The highest BCUT2D eigenvalue weighted by Crippen LogP contribution is 2.19.